The van der Waals surface area contributed by atoms with E-state index in [1.54, 1.807) is 26.0 Å². The summed E-state index contributed by atoms with van der Waals surface area (Å²) in [4.78, 5) is 56.7. The minimum absolute atomic E-state index is 0.00349. The van der Waals surface area contributed by atoms with E-state index in [2.05, 4.69) is 10.5 Å². The molecule has 1 heterocycles. The molecule has 13 nitrogen and oxygen atoms in total. The molecular formula is C30H36N4O9. The molecule has 2 aromatic carbocycles. The summed E-state index contributed by atoms with van der Waals surface area (Å²) in [5.41, 5.74) is 6.62. The lowest BCUT2D eigenvalue weighted by Crippen LogP contribution is -2.63. The van der Waals surface area contributed by atoms with Crippen LogP contribution in [0.2, 0.25) is 0 Å². The number of ether oxygens (including phenoxy) is 4. The van der Waals surface area contributed by atoms with Crippen LogP contribution < -0.4 is 11.1 Å². The van der Waals surface area contributed by atoms with E-state index in [1.807, 2.05) is 48.5 Å². The molecule has 0 unspecified atom stereocenters. The van der Waals surface area contributed by atoms with E-state index in [9.17, 15) is 19.2 Å². The van der Waals surface area contributed by atoms with Gasteiger partial charge in [0.2, 0.25) is 5.76 Å². The first kappa shape index (κ1) is 32.4. The van der Waals surface area contributed by atoms with Crippen molar-refractivity contribution in [2.24, 2.45) is 10.9 Å². The van der Waals surface area contributed by atoms with Crippen molar-refractivity contribution in [3.05, 3.63) is 83.6 Å². The fraction of sp³-hybridized carbons (Fsp3) is 0.367. The van der Waals surface area contributed by atoms with Crippen LogP contribution in [-0.4, -0.2) is 66.7 Å². The van der Waals surface area contributed by atoms with Gasteiger partial charge in [0.25, 0.3) is 0 Å². The Morgan fingerprint density at radius 3 is 1.98 bits per heavy atom. The molecule has 1 saturated heterocycles. The van der Waals surface area contributed by atoms with E-state index in [4.69, 9.17) is 29.5 Å². The number of amidine groups is 1. The molecule has 0 aromatic heterocycles. The maximum absolute atomic E-state index is 12.9. The van der Waals surface area contributed by atoms with E-state index in [1.165, 1.54) is 4.90 Å². The number of nitrogens with one attached hydrogen (secondary N) is 1. The molecule has 230 valence electrons. The van der Waals surface area contributed by atoms with E-state index < -0.39 is 35.4 Å². The van der Waals surface area contributed by atoms with Crippen LogP contribution in [0.3, 0.4) is 0 Å². The van der Waals surface area contributed by atoms with Gasteiger partial charge in [0.1, 0.15) is 18.8 Å². The summed E-state index contributed by atoms with van der Waals surface area (Å²) in [6.45, 7) is 3.66. The number of amides is 2. The quantitative estimate of drug-likeness (QED) is 0.0705. The molecule has 1 aliphatic rings. The van der Waals surface area contributed by atoms with Crippen LogP contribution >= 0.6 is 0 Å². The van der Waals surface area contributed by atoms with Gasteiger partial charge in [0, 0.05) is 13.1 Å². The van der Waals surface area contributed by atoms with Crippen LogP contribution in [-0.2, 0) is 46.6 Å². The standard InChI is InChI=1S/C30H36N4O9/c1-3-39-25(35)19-24(26(36)40-4-2)43-33-27(31)30(32-28(37)41-20-22-11-7-5-8-12-22)15-17-34(18-16-30)29(38)42-21-23-13-9-6-10-14-23/h5-14,19H,3-4,15-18,20-21H2,1-2H3,(H2,31,33)(H,32,37). The van der Waals surface area contributed by atoms with Gasteiger partial charge in [0.05, 0.1) is 19.3 Å². The lowest BCUT2D eigenvalue weighted by Gasteiger charge is -2.40. The van der Waals surface area contributed by atoms with Crippen LogP contribution in [0.15, 0.2) is 77.7 Å². The predicted molar refractivity (Wildman–Crippen MR) is 154 cm³/mol. The average molecular weight is 597 g/mol. The van der Waals surface area contributed by atoms with Gasteiger partial charge < -0.3 is 39.7 Å². The molecular weight excluding hydrogens is 560 g/mol. The Labute approximate surface area is 249 Å². The fourth-order valence-corrected chi connectivity index (χ4v) is 4.08. The zero-order valence-corrected chi connectivity index (χ0v) is 24.2. The highest BCUT2D eigenvalue weighted by molar-refractivity contribution is 5.96. The molecule has 2 aromatic rings. The number of piperidine rings is 1. The lowest BCUT2D eigenvalue weighted by molar-refractivity contribution is -0.144. The van der Waals surface area contributed by atoms with Crippen molar-refractivity contribution >= 4 is 30.0 Å². The third-order valence-electron chi connectivity index (χ3n) is 6.38. The van der Waals surface area contributed by atoms with E-state index >= 15 is 0 Å². The second-order valence-electron chi connectivity index (χ2n) is 9.34. The summed E-state index contributed by atoms with van der Waals surface area (Å²) in [5, 5.41) is 6.62. The van der Waals surface area contributed by atoms with Crippen molar-refractivity contribution in [1.82, 2.24) is 10.2 Å². The van der Waals surface area contributed by atoms with Gasteiger partial charge in [-0.25, -0.2) is 19.2 Å². The highest BCUT2D eigenvalue weighted by Gasteiger charge is 2.42. The summed E-state index contributed by atoms with van der Waals surface area (Å²) in [5.74, 6) is -2.60. The molecule has 3 rings (SSSR count). The van der Waals surface area contributed by atoms with Crippen LogP contribution in [0.1, 0.15) is 37.8 Å². The second-order valence-corrected chi connectivity index (χ2v) is 9.34. The number of rotatable bonds is 12. The van der Waals surface area contributed by atoms with Gasteiger partial charge in [-0.2, -0.15) is 0 Å². The maximum atomic E-state index is 12.9. The number of carbonyl (C=O) groups is 4. The number of esters is 2. The second kappa shape index (κ2) is 16.4. The summed E-state index contributed by atoms with van der Waals surface area (Å²) < 4.78 is 20.6. The molecule has 13 heteroatoms. The van der Waals surface area contributed by atoms with Crippen molar-refractivity contribution in [3.8, 4) is 0 Å². The third kappa shape index (κ3) is 10.1. The summed E-state index contributed by atoms with van der Waals surface area (Å²) >= 11 is 0. The molecule has 3 N–H and O–H groups in total. The zero-order valence-electron chi connectivity index (χ0n) is 24.2. The molecule has 0 atom stereocenters. The van der Waals surface area contributed by atoms with Gasteiger partial charge in [-0.05, 0) is 37.8 Å². The number of benzene rings is 2. The van der Waals surface area contributed by atoms with Crippen LogP contribution in [0.25, 0.3) is 0 Å². The zero-order chi connectivity index (χ0) is 31.1. The Morgan fingerprint density at radius 2 is 1.42 bits per heavy atom. The Bertz CT molecular complexity index is 1290. The minimum Gasteiger partial charge on any atom is -0.463 e. The average Bonchev–Trinajstić information content (AvgIpc) is 3.02. The van der Waals surface area contributed by atoms with Crippen molar-refractivity contribution in [3.63, 3.8) is 0 Å². The third-order valence-corrected chi connectivity index (χ3v) is 6.38. The number of hydrogen-bond acceptors (Lipinski definition) is 10. The summed E-state index contributed by atoms with van der Waals surface area (Å²) in [7, 11) is 0. The van der Waals surface area contributed by atoms with Crippen molar-refractivity contribution < 1.29 is 43.0 Å². The van der Waals surface area contributed by atoms with Gasteiger partial charge in [-0.3, -0.25) is 0 Å². The Hall–Kier alpha value is -5.07. The Morgan fingerprint density at radius 1 is 0.860 bits per heavy atom. The minimum atomic E-state index is -1.33. The largest absolute Gasteiger partial charge is 0.463 e. The first-order valence-electron chi connectivity index (χ1n) is 13.8. The Balaban J connectivity index is 1.75. The SMILES string of the molecule is CCOC(=O)C=C(ON=C(N)C1(NC(=O)OCc2ccccc2)CCN(C(=O)OCc2ccccc2)CC1)C(=O)OCC. The van der Waals surface area contributed by atoms with Crippen molar-refractivity contribution in [2.75, 3.05) is 26.3 Å². The van der Waals surface area contributed by atoms with E-state index in [0.29, 0.717) is 0 Å². The van der Waals surface area contributed by atoms with Crippen LogP contribution in [0.5, 0.6) is 0 Å². The molecule has 0 aliphatic carbocycles. The topological polar surface area (TPSA) is 168 Å². The number of hydrogen-bond donors (Lipinski definition) is 2. The summed E-state index contributed by atoms with van der Waals surface area (Å²) in [6, 6.07) is 18.3. The van der Waals surface area contributed by atoms with Crippen LogP contribution in [0, 0.1) is 0 Å². The van der Waals surface area contributed by atoms with Crippen molar-refractivity contribution in [2.45, 2.75) is 45.4 Å². The number of alkyl carbamates (subject to hydrolysis) is 1. The molecule has 0 saturated carbocycles. The molecule has 0 radical (unpaired) electrons. The number of carbonyl (C=O) groups excluding carboxylic acids is 4. The van der Waals surface area contributed by atoms with Gasteiger partial charge in [-0.1, -0.05) is 65.8 Å². The van der Waals surface area contributed by atoms with E-state index in [0.717, 1.165) is 17.2 Å². The van der Waals surface area contributed by atoms with Crippen molar-refractivity contribution in [1.29, 1.82) is 0 Å². The number of nitrogens with zero attached hydrogens (tertiary/aromatic N) is 2. The number of likely N-dealkylation sites (tertiary alicyclic amines) is 1. The number of oxime groups is 1. The normalized spacial score (nSPS) is 14.7. The maximum Gasteiger partial charge on any atom is 0.410 e. The first-order chi connectivity index (χ1) is 20.8. The molecule has 43 heavy (non-hydrogen) atoms. The molecule has 2 amide bonds. The monoisotopic (exact) mass is 596 g/mol. The highest BCUT2D eigenvalue weighted by Crippen LogP contribution is 2.25. The summed E-state index contributed by atoms with van der Waals surface area (Å²) in [6.07, 6.45) is -0.295. The molecule has 0 spiro atoms. The van der Waals surface area contributed by atoms with E-state index in [-0.39, 0.29) is 58.2 Å². The molecule has 1 fully saturated rings. The lowest BCUT2D eigenvalue weighted by atomic mass is 9.86. The van der Waals surface area contributed by atoms with Gasteiger partial charge in [0.15, 0.2) is 5.84 Å². The first-order valence-corrected chi connectivity index (χ1v) is 13.8. The highest BCUT2D eigenvalue weighted by atomic mass is 16.7. The number of nitrogens with two attached hydrogens (primary N) is 1. The van der Waals surface area contributed by atoms with Gasteiger partial charge in [-0.15, -0.1) is 0 Å². The molecule has 0 bridgehead atoms. The predicted octanol–water partition coefficient (Wildman–Crippen LogP) is 3.38. The fourth-order valence-electron chi connectivity index (χ4n) is 4.08. The Kier molecular flexibility index (Phi) is 12.4. The van der Waals surface area contributed by atoms with Crippen LogP contribution in [0.4, 0.5) is 9.59 Å². The van der Waals surface area contributed by atoms with Gasteiger partial charge >= 0.3 is 24.1 Å². The molecule has 1 aliphatic heterocycles. The smallest absolute Gasteiger partial charge is 0.410 e.